The summed E-state index contributed by atoms with van der Waals surface area (Å²) in [4.78, 5) is 13.6. The SMILES string of the molecule is CCc1ccc(C(=O)OC)cc1S(=O)(=O)Nc1cc(S(C)(=O)=O)ccc1N1CCCC(O)C1. The van der Waals surface area contributed by atoms with Gasteiger partial charge in [0.25, 0.3) is 10.0 Å². The number of carbonyl (C=O) groups is 1. The van der Waals surface area contributed by atoms with Gasteiger partial charge in [0.15, 0.2) is 9.84 Å². The van der Waals surface area contributed by atoms with Crippen LogP contribution in [0.1, 0.15) is 35.7 Å². The van der Waals surface area contributed by atoms with Gasteiger partial charge in [0, 0.05) is 19.3 Å². The number of piperidine rings is 1. The first-order valence-corrected chi connectivity index (χ1v) is 13.8. The molecule has 0 aliphatic carbocycles. The van der Waals surface area contributed by atoms with Crippen molar-refractivity contribution in [3.8, 4) is 0 Å². The number of carbonyl (C=O) groups excluding carboxylic acids is 1. The predicted octanol–water partition coefficient (Wildman–Crippen LogP) is 2.20. The highest BCUT2D eigenvalue weighted by Crippen LogP contribution is 2.33. The van der Waals surface area contributed by atoms with E-state index in [-0.39, 0.29) is 21.0 Å². The molecule has 1 aliphatic rings. The number of hydrogen-bond donors (Lipinski definition) is 2. The Morgan fingerprint density at radius 1 is 1.18 bits per heavy atom. The van der Waals surface area contributed by atoms with E-state index in [4.69, 9.17) is 4.74 Å². The summed E-state index contributed by atoms with van der Waals surface area (Å²) in [5, 5.41) is 10.1. The van der Waals surface area contributed by atoms with E-state index < -0.39 is 31.9 Å². The maximum Gasteiger partial charge on any atom is 0.337 e. The first-order chi connectivity index (χ1) is 15.5. The minimum atomic E-state index is -4.20. The number of aliphatic hydroxyl groups excluding tert-OH is 1. The predicted molar refractivity (Wildman–Crippen MR) is 125 cm³/mol. The number of esters is 1. The number of aryl methyl sites for hydroxylation is 1. The second-order valence-corrected chi connectivity index (χ2v) is 11.6. The van der Waals surface area contributed by atoms with E-state index in [1.807, 2.05) is 4.90 Å². The molecule has 0 spiro atoms. The van der Waals surface area contributed by atoms with Crippen molar-refractivity contribution in [2.75, 3.05) is 36.1 Å². The fourth-order valence-corrected chi connectivity index (χ4v) is 5.87. The highest BCUT2D eigenvalue weighted by Gasteiger charge is 2.26. The summed E-state index contributed by atoms with van der Waals surface area (Å²) in [5.41, 5.74) is 1.12. The third-order valence-electron chi connectivity index (χ3n) is 5.54. The Balaban J connectivity index is 2.11. The molecule has 1 saturated heterocycles. The Kier molecular flexibility index (Phi) is 7.35. The molecule has 0 amide bonds. The van der Waals surface area contributed by atoms with Crippen LogP contribution in [0.25, 0.3) is 0 Å². The second-order valence-electron chi connectivity index (χ2n) is 7.97. The second kappa shape index (κ2) is 9.70. The lowest BCUT2D eigenvalue weighted by Gasteiger charge is -2.33. The molecular weight excluding hydrogens is 468 g/mol. The molecule has 33 heavy (non-hydrogen) atoms. The van der Waals surface area contributed by atoms with E-state index in [0.717, 1.165) is 6.26 Å². The van der Waals surface area contributed by atoms with Gasteiger partial charge >= 0.3 is 5.97 Å². The molecule has 0 bridgehead atoms. The number of nitrogens with one attached hydrogen (secondary N) is 1. The number of sulfone groups is 1. The number of ether oxygens (including phenoxy) is 1. The molecule has 1 fully saturated rings. The zero-order chi connectivity index (χ0) is 24.4. The van der Waals surface area contributed by atoms with Gasteiger partial charge in [0.1, 0.15) is 0 Å². The van der Waals surface area contributed by atoms with Gasteiger partial charge in [-0.15, -0.1) is 0 Å². The number of β-amino-alcohol motifs (C(OH)–C–C–N with tert-alkyl or cyclic N) is 1. The highest BCUT2D eigenvalue weighted by atomic mass is 32.2. The Hall–Kier alpha value is -2.63. The van der Waals surface area contributed by atoms with Gasteiger partial charge in [-0.1, -0.05) is 13.0 Å². The van der Waals surface area contributed by atoms with Crippen LogP contribution < -0.4 is 9.62 Å². The monoisotopic (exact) mass is 496 g/mol. The van der Waals surface area contributed by atoms with Gasteiger partial charge in [0.05, 0.1) is 39.9 Å². The molecular formula is C22H28N2O7S2. The summed E-state index contributed by atoms with van der Waals surface area (Å²) >= 11 is 0. The first kappa shape index (κ1) is 25.0. The van der Waals surface area contributed by atoms with E-state index in [1.54, 1.807) is 13.0 Å². The molecule has 2 N–H and O–H groups in total. The molecule has 1 heterocycles. The van der Waals surface area contributed by atoms with Crippen molar-refractivity contribution >= 4 is 37.2 Å². The van der Waals surface area contributed by atoms with Gasteiger partial charge in [-0.2, -0.15) is 0 Å². The zero-order valence-corrected chi connectivity index (χ0v) is 20.4. The lowest BCUT2D eigenvalue weighted by atomic mass is 10.1. The van der Waals surface area contributed by atoms with Gasteiger partial charge in [0.2, 0.25) is 0 Å². The minimum absolute atomic E-state index is 0.0412. The van der Waals surface area contributed by atoms with Crippen molar-refractivity contribution in [2.24, 2.45) is 0 Å². The van der Waals surface area contributed by atoms with Crippen molar-refractivity contribution < 1.29 is 31.5 Å². The molecule has 3 rings (SSSR count). The van der Waals surface area contributed by atoms with E-state index in [0.29, 0.717) is 43.6 Å². The van der Waals surface area contributed by atoms with Crippen molar-refractivity contribution in [2.45, 2.75) is 42.1 Å². The summed E-state index contributed by atoms with van der Waals surface area (Å²) in [7, 11) is -6.59. The molecule has 1 aliphatic heterocycles. The van der Waals surface area contributed by atoms with Crippen LogP contribution in [0.2, 0.25) is 0 Å². The van der Waals surface area contributed by atoms with E-state index in [2.05, 4.69) is 4.72 Å². The average molecular weight is 497 g/mol. The third kappa shape index (κ3) is 5.66. The van der Waals surface area contributed by atoms with Gasteiger partial charge in [-0.25, -0.2) is 21.6 Å². The first-order valence-electron chi connectivity index (χ1n) is 10.5. The van der Waals surface area contributed by atoms with Crippen molar-refractivity contribution in [1.82, 2.24) is 0 Å². The Morgan fingerprint density at radius 3 is 2.52 bits per heavy atom. The number of rotatable bonds is 7. The van der Waals surface area contributed by atoms with Crippen LogP contribution in [0, 0.1) is 0 Å². The molecule has 0 radical (unpaired) electrons. The van der Waals surface area contributed by atoms with Crippen LogP contribution in [0.5, 0.6) is 0 Å². The van der Waals surface area contributed by atoms with Gasteiger partial charge < -0.3 is 14.7 Å². The average Bonchev–Trinajstić information content (AvgIpc) is 2.77. The quantitative estimate of drug-likeness (QED) is 0.558. The third-order valence-corrected chi connectivity index (χ3v) is 8.09. The minimum Gasteiger partial charge on any atom is -0.465 e. The van der Waals surface area contributed by atoms with Gasteiger partial charge in [-0.05, 0) is 55.2 Å². The van der Waals surface area contributed by atoms with Crippen molar-refractivity contribution in [3.05, 3.63) is 47.5 Å². The van der Waals surface area contributed by atoms with E-state index in [1.165, 1.54) is 37.4 Å². The molecule has 180 valence electrons. The van der Waals surface area contributed by atoms with Crippen LogP contribution >= 0.6 is 0 Å². The summed E-state index contributed by atoms with van der Waals surface area (Å²) < 4.78 is 58.3. The summed E-state index contributed by atoms with van der Waals surface area (Å²) in [6.07, 6.45) is 2.22. The standard InChI is InChI=1S/C22H28N2O7S2/c1-4-15-7-8-16(22(26)31-2)12-21(15)33(29,30)23-19-13-18(32(3,27)28)9-10-20(19)24-11-5-6-17(25)14-24/h7-10,12-13,17,23,25H,4-6,11,14H2,1-3H3. The largest absolute Gasteiger partial charge is 0.465 e. The number of nitrogens with zero attached hydrogens (tertiary/aromatic N) is 1. The summed E-state index contributed by atoms with van der Waals surface area (Å²) in [5.74, 6) is -0.670. The molecule has 1 atom stereocenters. The Morgan fingerprint density at radius 2 is 1.91 bits per heavy atom. The summed E-state index contributed by atoms with van der Waals surface area (Å²) in [6.45, 7) is 2.67. The van der Waals surface area contributed by atoms with Crippen molar-refractivity contribution in [1.29, 1.82) is 0 Å². The van der Waals surface area contributed by atoms with Crippen LogP contribution in [0.3, 0.4) is 0 Å². The van der Waals surface area contributed by atoms with Crippen LogP contribution in [0.15, 0.2) is 46.2 Å². The molecule has 0 aromatic heterocycles. The number of hydrogen-bond acceptors (Lipinski definition) is 8. The van der Waals surface area contributed by atoms with Crippen molar-refractivity contribution in [3.63, 3.8) is 0 Å². The smallest absolute Gasteiger partial charge is 0.337 e. The molecule has 2 aromatic rings. The number of sulfonamides is 1. The van der Waals surface area contributed by atoms with E-state index in [9.17, 15) is 26.7 Å². The topological polar surface area (TPSA) is 130 Å². The Bertz CT molecular complexity index is 1260. The number of methoxy groups -OCH3 is 1. The Labute approximate surface area is 194 Å². The van der Waals surface area contributed by atoms with Crippen LogP contribution in [-0.2, 0) is 31.0 Å². The fraction of sp³-hybridized carbons (Fsp3) is 0.409. The van der Waals surface area contributed by atoms with E-state index >= 15 is 0 Å². The lowest BCUT2D eigenvalue weighted by molar-refractivity contribution is 0.0600. The zero-order valence-electron chi connectivity index (χ0n) is 18.7. The number of anilines is 2. The molecule has 0 saturated carbocycles. The molecule has 2 aromatic carbocycles. The highest BCUT2D eigenvalue weighted by molar-refractivity contribution is 7.92. The number of benzene rings is 2. The fourth-order valence-electron chi connectivity index (χ4n) is 3.82. The van der Waals surface area contributed by atoms with Crippen LogP contribution in [-0.4, -0.2) is 60.5 Å². The lowest BCUT2D eigenvalue weighted by Crippen LogP contribution is -2.38. The maximum absolute atomic E-state index is 13.4. The molecule has 11 heteroatoms. The summed E-state index contributed by atoms with van der Waals surface area (Å²) in [6, 6.07) is 8.53. The molecule has 1 unspecified atom stereocenters. The maximum atomic E-state index is 13.4. The normalized spacial score (nSPS) is 17.0. The molecule has 9 nitrogen and oxygen atoms in total. The number of aliphatic hydroxyl groups is 1. The van der Waals surface area contributed by atoms with Crippen LogP contribution in [0.4, 0.5) is 11.4 Å². The van der Waals surface area contributed by atoms with Gasteiger partial charge in [-0.3, -0.25) is 4.72 Å².